The highest BCUT2D eigenvalue weighted by Crippen LogP contribution is 2.33. The molecule has 0 saturated heterocycles. The molecule has 5 rings (SSSR count). The smallest absolute Gasteiger partial charge is 0.319 e. The highest BCUT2D eigenvalue weighted by molar-refractivity contribution is 7.92. The fourth-order valence-electron chi connectivity index (χ4n) is 4.00. The Kier molecular flexibility index (Phi) is 7.04. The molecule has 41 heavy (non-hydrogen) atoms. The van der Waals surface area contributed by atoms with Crippen LogP contribution in [0.25, 0.3) is 22.2 Å². The molecule has 0 aliphatic heterocycles. The number of H-pyrrole nitrogens is 1. The lowest BCUT2D eigenvalue weighted by molar-refractivity contribution is 0.103. The zero-order valence-corrected chi connectivity index (χ0v) is 21.8. The van der Waals surface area contributed by atoms with E-state index in [-0.39, 0.29) is 28.5 Å². The maximum Gasteiger partial charge on any atom is 0.319 e. The van der Waals surface area contributed by atoms with E-state index in [0.717, 1.165) is 0 Å². The van der Waals surface area contributed by atoms with Gasteiger partial charge in [-0.3, -0.25) is 9.52 Å². The summed E-state index contributed by atoms with van der Waals surface area (Å²) in [4.78, 5) is 27.4. The Morgan fingerprint density at radius 2 is 1.71 bits per heavy atom. The minimum atomic E-state index is -4.87. The molecule has 0 spiro atoms. The molecule has 0 bridgehead atoms. The molecule has 0 atom stereocenters. The molecule has 0 aliphatic carbocycles. The second kappa shape index (κ2) is 10.5. The van der Waals surface area contributed by atoms with Crippen molar-refractivity contribution in [2.45, 2.75) is 4.90 Å². The monoisotopic (exact) mass is 587 g/mol. The topological polar surface area (TPSA) is 136 Å². The molecule has 3 aromatic heterocycles. The third kappa shape index (κ3) is 5.02. The number of nitrogens with zero attached hydrogens (tertiary/aromatic N) is 3. The number of methoxy groups -OCH3 is 2. The number of hydrogen-bond donors (Lipinski definition) is 2. The number of aromatic nitrogens is 4. The number of benzene rings is 2. The zero-order valence-electron chi connectivity index (χ0n) is 21.0. The molecule has 10 nitrogen and oxygen atoms in total. The molecule has 0 amide bonds. The number of aromatic amines is 1. The Labute approximate surface area is 229 Å². The first-order valence-electron chi connectivity index (χ1n) is 11.5. The average Bonchev–Trinajstić information content (AvgIpc) is 3.38. The molecule has 3 heterocycles. The van der Waals surface area contributed by atoms with Gasteiger partial charge in [-0.05, 0) is 36.4 Å². The van der Waals surface area contributed by atoms with Crippen LogP contribution in [0.2, 0.25) is 0 Å². The maximum atomic E-state index is 15.5. The molecule has 5 aromatic rings. The Morgan fingerprint density at radius 1 is 0.951 bits per heavy atom. The van der Waals surface area contributed by atoms with Gasteiger partial charge in [0.15, 0.2) is 5.82 Å². The van der Waals surface area contributed by atoms with Gasteiger partial charge in [0.25, 0.3) is 10.0 Å². The van der Waals surface area contributed by atoms with Gasteiger partial charge in [-0.15, -0.1) is 0 Å². The van der Waals surface area contributed by atoms with Crippen LogP contribution in [0.4, 0.5) is 23.2 Å². The molecular weight excluding hydrogens is 570 g/mol. The second-order valence-corrected chi connectivity index (χ2v) is 10.0. The summed E-state index contributed by atoms with van der Waals surface area (Å²) in [5, 5.41) is 0.164. The van der Waals surface area contributed by atoms with Gasteiger partial charge in [0.05, 0.1) is 31.0 Å². The predicted octanol–water partition coefficient (Wildman–Crippen LogP) is 4.63. The van der Waals surface area contributed by atoms with Crippen molar-refractivity contribution in [3.63, 3.8) is 0 Å². The van der Waals surface area contributed by atoms with Crippen molar-refractivity contribution in [1.82, 2.24) is 19.9 Å². The van der Waals surface area contributed by atoms with Crippen LogP contribution in [0, 0.1) is 23.3 Å². The van der Waals surface area contributed by atoms with E-state index < -0.39 is 55.2 Å². The predicted molar refractivity (Wildman–Crippen MR) is 137 cm³/mol. The maximum absolute atomic E-state index is 15.5. The minimum Gasteiger partial charge on any atom is -0.480 e. The third-order valence-electron chi connectivity index (χ3n) is 5.94. The summed E-state index contributed by atoms with van der Waals surface area (Å²) in [5.41, 5.74) is -1.19. The highest BCUT2D eigenvalue weighted by Gasteiger charge is 2.28. The van der Waals surface area contributed by atoms with Gasteiger partial charge in [0.2, 0.25) is 11.7 Å². The van der Waals surface area contributed by atoms with Crippen molar-refractivity contribution in [2.75, 3.05) is 18.9 Å². The van der Waals surface area contributed by atoms with E-state index in [2.05, 4.69) is 19.9 Å². The van der Waals surface area contributed by atoms with Gasteiger partial charge < -0.3 is 14.5 Å². The van der Waals surface area contributed by atoms with E-state index in [1.54, 1.807) is 4.72 Å². The van der Waals surface area contributed by atoms with Crippen LogP contribution >= 0.6 is 0 Å². The van der Waals surface area contributed by atoms with Gasteiger partial charge in [-0.2, -0.15) is 4.98 Å². The molecule has 0 aliphatic rings. The number of fused-ring (bicyclic) bond motifs is 1. The number of hydrogen-bond acceptors (Lipinski definition) is 8. The standard InChI is InChI=1S/C26H17F4N5O5S/c1-39-25-15(10-33-26(34-25)40-2)12-7-14-16(11-32-24(14)31-9-12)23(36)21-18(29)5-6-19(22(21)30)35-41(37,38)20-8-13(27)3-4-17(20)28/h3-11,35H,1-2H3,(H,31,32). The SMILES string of the molecule is COc1ncc(-c2cnc3[nH]cc(C(=O)c4c(F)ccc(NS(=O)(=O)c5cc(F)ccc5F)c4F)c3c2)c(OC)n1. The number of carbonyl (C=O) groups is 1. The summed E-state index contributed by atoms with van der Waals surface area (Å²) < 4.78 is 95.3. The van der Waals surface area contributed by atoms with Crippen molar-refractivity contribution in [3.8, 4) is 23.0 Å². The Balaban J connectivity index is 1.56. The summed E-state index contributed by atoms with van der Waals surface area (Å²) in [7, 11) is -2.12. The normalized spacial score (nSPS) is 11.5. The highest BCUT2D eigenvalue weighted by atomic mass is 32.2. The molecule has 15 heteroatoms. The Morgan fingerprint density at radius 3 is 2.44 bits per heavy atom. The molecule has 2 N–H and O–H groups in total. The van der Waals surface area contributed by atoms with E-state index >= 15 is 4.39 Å². The number of rotatable bonds is 8. The number of sulfonamides is 1. The van der Waals surface area contributed by atoms with Gasteiger partial charge in [-0.1, -0.05) is 0 Å². The quantitative estimate of drug-likeness (QED) is 0.198. The van der Waals surface area contributed by atoms with Gasteiger partial charge in [0, 0.05) is 35.1 Å². The van der Waals surface area contributed by atoms with Crippen LogP contribution in [0.15, 0.2) is 59.9 Å². The van der Waals surface area contributed by atoms with Crippen LogP contribution in [0.5, 0.6) is 11.9 Å². The number of pyridine rings is 1. The molecule has 0 saturated carbocycles. The summed E-state index contributed by atoms with van der Waals surface area (Å²) in [6.07, 6.45) is 4.02. The minimum absolute atomic E-state index is 0.0405. The largest absolute Gasteiger partial charge is 0.480 e. The number of anilines is 1. The van der Waals surface area contributed by atoms with E-state index in [9.17, 15) is 26.4 Å². The molecule has 0 fully saturated rings. The van der Waals surface area contributed by atoms with E-state index in [4.69, 9.17) is 9.47 Å². The zero-order chi connectivity index (χ0) is 29.5. The number of ketones is 1. The summed E-state index contributed by atoms with van der Waals surface area (Å²) in [6.45, 7) is 0. The van der Waals surface area contributed by atoms with Crippen LogP contribution in [-0.2, 0) is 10.0 Å². The first-order valence-corrected chi connectivity index (χ1v) is 13.0. The fourth-order valence-corrected chi connectivity index (χ4v) is 5.15. The molecular formula is C26H17F4N5O5S. The first kappa shape index (κ1) is 27.5. The summed E-state index contributed by atoms with van der Waals surface area (Å²) in [6, 6.07) is 4.57. The Hall–Kier alpha value is -5.05. The number of nitrogens with one attached hydrogen (secondary N) is 2. The van der Waals surface area contributed by atoms with Crippen LogP contribution in [-0.4, -0.2) is 48.4 Å². The van der Waals surface area contributed by atoms with Crippen molar-refractivity contribution < 1.29 is 40.2 Å². The fraction of sp³-hybridized carbons (Fsp3) is 0.0769. The lowest BCUT2D eigenvalue weighted by Gasteiger charge is -2.12. The average molecular weight is 588 g/mol. The number of ether oxygens (including phenoxy) is 2. The van der Waals surface area contributed by atoms with Gasteiger partial charge >= 0.3 is 6.01 Å². The molecule has 210 valence electrons. The van der Waals surface area contributed by atoms with Crippen molar-refractivity contribution in [2.24, 2.45) is 0 Å². The van der Waals surface area contributed by atoms with Crippen molar-refractivity contribution >= 4 is 32.5 Å². The van der Waals surface area contributed by atoms with Gasteiger partial charge in [-0.25, -0.2) is 35.9 Å². The third-order valence-corrected chi connectivity index (χ3v) is 7.32. The molecule has 0 unspecified atom stereocenters. The summed E-state index contributed by atoms with van der Waals surface area (Å²) >= 11 is 0. The van der Waals surface area contributed by atoms with Gasteiger partial charge in [0.1, 0.15) is 28.0 Å². The van der Waals surface area contributed by atoms with Crippen molar-refractivity contribution in [1.29, 1.82) is 0 Å². The molecule has 2 aromatic carbocycles. The Bertz CT molecular complexity index is 1950. The van der Waals surface area contributed by atoms with Crippen LogP contribution < -0.4 is 14.2 Å². The van der Waals surface area contributed by atoms with Crippen molar-refractivity contribution in [3.05, 3.63) is 89.4 Å². The van der Waals surface area contributed by atoms with E-state index in [0.29, 0.717) is 41.5 Å². The number of carbonyl (C=O) groups excluding carboxylic acids is 1. The molecule has 0 radical (unpaired) electrons. The lowest BCUT2D eigenvalue weighted by Crippen LogP contribution is -2.17. The number of halogens is 4. The van der Waals surface area contributed by atoms with E-state index in [1.165, 1.54) is 38.9 Å². The van der Waals surface area contributed by atoms with E-state index in [1.807, 2.05) is 0 Å². The second-order valence-electron chi connectivity index (χ2n) is 8.40. The van der Waals surface area contributed by atoms with Crippen LogP contribution in [0.1, 0.15) is 15.9 Å². The van der Waals surface area contributed by atoms with Crippen LogP contribution in [0.3, 0.4) is 0 Å². The lowest BCUT2D eigenvalue weighted by atomic mass is 10.0. The first-order chi connectivity index (χ1) is 19.5. The summed E-state index contributed by atoms with van der Waals surface area (Å²) in [5.74, 6) is -6.25.